The van der Waals surface area contributed by atoms with Gasteiger partial charge in [0.25, 0.3) is 0 Å². The molecule has 3 heteroatoms. The average Bonchev–Trinajstić information content (AvgIpc) is 2.14. The van der Waals surface area contributed by atoms with Crippen LogP contribution in [0.5, 0.6) is 0 Å². The zero-order chi connectivity index (χ0) is 8.65. The highest BCUT2D eigenvalue weighted by molar-refractivity contribution is 5.85. The third-order valence-electron chi connectivity index (χ3n) is 2.74. The van der Waals surface area contributed by atoms with Gasteiger partial charge in [0.2, 0.25) is 0 Å². The summed E-state index contributed by atoms with van der Waals surface area (Å²) >= 11 is 0. The fourth-order valence-corrected chi connectivity index (χ4v) is 1.99. The molecule has 1 aliphatic carbocycles. The first-order chi connectivity index (χ1) is 5.93. The maximum atomic E-state index is 8.54. The Hall–Kier alpha value is 0.210. The lowest BCUT2D eigenvalue weighted by molar-refractivity contribution is 0.284. The number of hydrogen-bond donors (Lipinski definition) is 2. The van der Waals surface area contributed by atoms with E-state index in [1.165, 1.54) is 38.5 Å². The highest BCUT2D eigenvalue weighted by atomic mass is 35.5. The van der Waals surface area contributed by atoms with Crippen LogP contribution in [0.2, 0.25) is 0 Å². The number of hydrogen-bond acceptors (Lipinski definition) is 2. The summed E-state index contributed by atoms with van der Waals surface area (Å²) in [5.41, 5.74) is 0. The molecule has 0 amide bonds. The van der Waals surface area contributed by atoms with Gasteiger partial charge in [-0.25, -0.2) is 0 Å². The van der Waals surface area contributed by atoms with Gasteiger partial charge in [-0.3, -0.25) is 0 Å². The second-order valence-electron chi connectivity index (χ2n) is 3.77. The zero-order valence-electron chi connectivity index (χ0n) is 8.30. The standard InChI is InChI=1S/C10H21NO.ClH/c12-9-8-11-7-6-10-4-2-1-3-5-10;/h10-12H,1-9H2;1H. The van der Waals surface area contributed by atoms with Crippen LogP contribution < -0.4 is 5.32 Å². The molecule has 2 N–H and O–H groups in total. The minimum Gasteiger partial charge on any atom is -0.395 e. The predicted octanol–water partition coefficient (Wildman–Crippen LogP) is 1.96. The van der Waals surface area contributed by atoms with Crippen LogP contribution in [0, 0.1) is 5.92 Å². The Morgan fingerprint density at radius 1 is 1.08 bits per heavy atom. The summed E-state index contributed by atoms with van der Waals surface area (Å²) in [7, 11) is 0. The number of aliphatic hydroxyl groups excluding tert-OH is 1. The molecule has 13 heavy (non-hydrogen) atoms. The largest absolute Gasteiger partial charge is 0.395 e. The molecule has 0 atom stereocenters. The lowest BCUT2D eigenvalue weighted by Crippen LogP contribution is -2.22. The first-order valence-electron chi connectivity index (χ1n) is 5.25. The maximum Gasteiger partial charge on any atom is 0.0555 e. The van der Waals surface area contributed by atoms with Gasteiger partial charge in [0.05, 0.1) is 6.61 Å². The van der Waals surface area contributed by atoms with Crippen molar-refractivity contribution in [2.24, 2.45) is 5.92 Å². The third kappa shape index (κ3) is 6.30. The first-order valence-corrected chi connectivity index (χ1v) is 5.25. The van der Waals surface area contributed by atoms with Gasteiger partial charge in [-0.05, 0) is 18.9 Å². The molecule has 0 spiro atoms. The first kappa shape index (κ1) is 13.2. The van der Waals surface area contributed by atoms with Crippen LogP contribution in [0.1, 0.15) is 38.5 Å². The van der Waals surface area contributed by atoms with Gasteiger partial charge < -0.3 is 10.4 Å². The Labute approximate surface area is 87.5 Å². The lowest BCUT2D eigenvalue weighted by Gasteiger charge is -2.21. The van der Waals surface area contributed by atoms with E-state index in [-0.39, 0.29) is 19.0 Å². The summed E-state index contributed by atoms with van der Waals surface area (Å²) in [6, 6.07) is 0. The van der Waals surface area contributed by atoms with Gasteiger partial charge in [0, 0.05) is 6.54 Å². The molecular formula is C10H22ClNO. The minimum absolute atomic E-state index is 0. The van der Waals surface area contributed by atoms with Gasteiger partial charge in [0.1, 0.15) is 0 Å². The van der Waals surface area contributed by atoms with Crippen LogP contribution in [0.4, 0.5) is 0 Å². The van der Waals surface area contributed by atoms with Crippen LogP contribution in [0.3, 0.4) is 0 Å². The molecule has 0 radical (unpaired) electrons. The molecule has 2 nitrogen and oxygen atoms in total. The van der Waals surface area contributed by atoms with Crippen LogP contribution in [-0.2, 0) is 0 Å². The van der Waals surface area contributed by atoms with Gasteiger partial charge in [-0.15, -0.1) is 12.4 Å². The summed E-state index contributed by atoms with van der Waals surface area (Å²) in [5, 5.41) is 11.8. The van der Waals surface area contributed by atoms with Crippen molar-refractivity contribution in [3.63, 3.8) is 0 Å². The van der Waals surface area contributed by atoms with Gasteiger partial charge in [0.15, 0.2) is 0 Å². The van der Waals surface area contributed by atoms with E-state index in [1.54, 1.807) is 0 Å². The Morgan fingerprint density at radius 2 is 1.77 bits per heavy atom. The molecule has 0 saturated heterocycles. The zero-order valence-corrected chi connectivity index (χ0v) is 9.11. The molecule has 0 heterocycles. The van der Waals surface area contributed by atoms with E-state index in [4.69, 9.17) is 5.11 Å². The summed E-state index contributed by atoms with van der Waals surface area (Å²) in [4.78, 5) is 0. The van der Waals surface area contributed by atoms with Crippen molar-refractivity contribution in [1.29, 1.82) is 0 Å². The van der Waals surface area contributed by atoms with Crippen LogP contribution in [0.25, 0.3) is 0 Å². The van der Waals surface area contributed by atoms with E-state index < -0.39 is 0 Å². The van der Waals surface area contributed by atoms with Crippen molar-refractivity contribution in [2.45, 2.75) is 38.5 Å². The molecule has 0 aromatic carbocycles. The second-order valence-corrected chi connectivity index (χ2v) is 3.77. The van der Waals surface area contributed by atoms with E-state index in [9.17, 15) is 0 Å². The number of aliphatic hydroxyl groups is 1. The Balaban J connectivity index is 0.00000144. The molecule has 0 aliphatic heterocycles. The molecule has 1 saturated carbocycles. The normalized spacial score (nSPS) is 18.2. The number of rotatable bonds is 5. The molecule has 0 aromatic rings. The molecular weight excluding hydrogens is 186 g/mol. The van der Waals surface area contributed by atoms with Crippen LogP contribution >= 0.6 is 12.4 Å². The van der Waals surface area contributed by atoms with Gasteiger partial charge in [-0.1, -0.05) is 32.1 Å². The molecule has 1 fully saturated rings. The van der Waals surface area contributed by atoms with E-state index in [0.717, 1.165) is 19.0 Å². The van der Waals surface area contributed by atoms with Crippen molar-refractivity contribution >= 4 is 12.4 Å². The fraction of sp³-hybridized carbons (Fsp3) is 1.00. The summed E-state index contributed by atoms with van der Waals surface area (Å²) in [6.07, 6.45) is 8.48. The van der Waals surface area contributed by atoms with Gasteiger partial charge in [-0.2, -0.15) is 0 Å². The summed E-state index contributed by atoms with van der Waals surface area (Å²) in [6.45, 7) is 2.11. The fourth-order valence-electron chi connectivity index (χ4n) is 1.99. The average molecular weight is 208 g/mol. The second kappa shape index (κ2) is 8.79. The van der Waals surface area contributed by atoms with Crippen LogP contribution in [0.15, 0.2) is 0 Å². The predicted molar refractivity (Wildman–Crippen MR) is 58.4 cm³/mol. The molecule has 80 valence electrons. The molecule has 1 rings (SSSR count). The topological polar surface area (TPSA) is 32.3 Å². The molecule has 0 aromatic heterocycles. The van der Waals surface area contributed by atoms with Crippen molar-refractivity contribution < 1.29 is 5.11 Å². The van der Waals surface area contributed by atoms with Crippen molar-refractivity contribution in [1.82, 2.24) is 5.32 Å². The maximum absolute atomic E-state index is 8.54. The molecule has 0 unspecified atom stereocenters. The van der Waals surface area contributed by atoms with Crippen molar-refractivity contribution in [2.75, 3.05) is 19.7 Å². The number of halogens is 1. The van der Waals surface area contributed by atoms with Crippen molar-refractivity contribution in [3.8, 4) is 0 Å². The Morgan fingerprint density at radius 3 is 2.38 bits per heavy atom. The minimum atomic E-state index is 0. The highest BCUT2D eigenvalue weighted by Crippen LogP contribution is 2.25. The number of nitrogens with one attached hydrogen (secondary N) is 1. The SMILES string of the molecule is Cl.OCCNCCC1CCCCC1. The van der Waals surface area contributed by atoms with E-state index in [2.05, 4.69) is 5.32 Å². The van der Waals surface area contributed by atoms with Crippen LogP contribution in [-0.4, -0.2) is 24.8 Å². The van der Waals surface area contributed by atoms with E-state index in [0.29, 0.717) is 0 Å². The van der Waals surface area contributed by atoms with Gasteiger partial charge >= 0.3 is 0 Å². The Bertz CT molecular complexity index is 105. The third-order valence-corrected chi connectivity index (χ3v) is 2.74. The Kier molecular flexibility index (Phi) is 8.93. The van der Waals surface area contributed by atoms with E-state index >= 15 is 0 Å². The molecule has 0 bridgehead atoms. The summed E-state index contributed by atoms with van der Waals surface area (Å²) in [5.74, 6) is 0.963. The summed E-state index contributed by atoms with van der Waals surface area (Å²) < 4.78 is 0. The monoisotopic (exact) mass is 207 g/mol. The lowest BCUT2D eigenvalue weighted by atomic mass is 9.87. The smallest absolute Gasteiger partial charge is 0.0555 e. The van der Waals surface area contributed by atoms with E-state index in [1.807, 2.05) is 0 Å². The van der Waals surface area contributed by atoms with Crippen molar-refractivity contribution in [3.05, 3.63) is 0 Å². The quantitative estimate of drug-likeness (QED) is 0.676. The molecule has 1 aliphatic rings. The highest BCUT2D eigenvalue weighted by Gasteiger charge is 2.11.